The first-order valence-corrected chi connectivity index (χ1v) is 4.33. The minimum Gasteiger partial charge on any atom is -0.258 e. The summed E-state index contributed by atoms with van der Waals surface area (Å²) in [6, 6.07) is 5.37. The van der Waals surface area contributed by atoms with E-state index in [2.05, 4.69) is 4.98 Å². The Hall–Kier alpha value is -0.920. The Morgan fingerprint density at radius 2 is 2.00 bits per heavy atom. The van der Waals surface area contributed by atoms with Gasteiger partial charge >= 0.3 is 0 Å². The van der Waals surface area contributed by atoms with Gasteiger partial charge in [-0.15, -0.1) is 0 Å². The van der Waals surface area contributed by atoms with Gasteiger partial charge < -0.3 is 0 Å². The van der Waals surface area contributed by atoms with Crippen LogP contribution in [-0.2, 0) is 5.67 Å². The summed E-state index contributed by atoms with van der Waals surface area (Å²) in [5.74, 6) is 0. The third-order valence-electron chi connectivity index (χ3n) is 2.24. The molecule has 1 heterocycles. The highest BCUT2D eigenvalue weighted by atomic mass is 19.1. The zero-order chi connectivity index (χ0) is 9.03. The number of hydrogen-bond donors (Lipinski definition) is 0. The molecule has 0 aliphatic heterocycles. The molecule has 0 radical (unpaired) electrons. The van der Waals surface area contributed by atoms with E-state index in [1.54, 1.807) is 18.3 Å². The fraction of sp³-hybridized carbons (Fsp3) is 0.500. The summed E-state index contributed by atoms with van der Waals surface area (Å²) in [5.41, 5.74) is -0.684. The monoisotopic (exact) mass is 167 g/mol. The molecule has 0 N–H and O–H groups in total. The van der Waals surface area contributed by atoms with E-state index in [1.807, 2.05) is 19.9 Å². The molecule has 0 saturated carbocycles. The van der Waals surface area contributed by atoms with Gasteiger partial charge in [0.2, 0.25) is 0 Å². The highest BCUT2D eigenvalue weighted by Gasteiger charge is 2.28. The van der Waals surface area contributed by atoms with Crippen molar-refractivity contribution < 1.29 is 4.39 Å². The van der Waals surface area contributed by atoms with Gasteiger partial charge in [-0.05, 0) is 25.0 Å². The molecule has 0 spiro atoms. The van der Waals surface area contributed by atoms with Crippen LogP contribution in [0.5, 0.6) is 0 Å². The summed E-state index contributed by atoms with van der Waals surface area (Å²) in [6.45, 7) is 3.69. The number of nitrogens with zero attached hydrogens (tertiary/aromatic N) is 1. The molecule has 1 rings (SSSR count). The first-order valence-electron chi connectivity index (χ1n) is 4.33. The van der Waals surface area contributed by atoms with Crippen LogP contribution in [0.15, 0.2) is 24.4 Å². The maximum atomic E-state index is 13.9. The molecule has 0 unspecified atom stereocenters. The minimum atomic E-state index is -1.23. The second-order valence-corrected chi connectivity index (χ2v) is 2.89. The lowest BCUT2D eigenvalue weighted by Gasteiger charge is -2.20. The molecule has 0 saturated heterocycles. The van der Waals surface area contributed by atoms with Crippen molar-refractivity contribution >= 4 is 0 Å². The SMILES string of the molecule is CCC(F)(CC)c1ccccn1. The topological polar surface area (TPSA) is 12.9 Å². The maximum absolute atomic E-state index is 13.9. The van der Waals surface area contributed by atoms with E-state index in [0.29, 0.717) is 18.5 Å². The molecule has 0 bridgehead atoms. The second-order valence-electron chi connectivity index (χ2n) is 2.89. The van der Waals surface area contributed by atoms with Gasteiger partial charge in [0.05, 0.1) is 5.69 Å². The number of alkyl halides is 1. The van der Waals surface area contributed by atoms with Crippen molar-refractivity contribution in [1.29, 1.82) is 0 Å². The van der Waals surface area contributed by atoms with Gasteiger partial charge in [-0.3, -0.25) is 4.98 Å². The predicted octanol–water partition coefficient (Wildman–Crippen LogP) is 3.07. The van der Waals surface area contributed by atoms with Crippen molar-refractivity contribution in [1.82, 2.24) is 4.98 Å². The number of halogens is 1. The molecule has 0 aromatic carbocycles. The molecule has 0 aliphatic carbocycles. The maximum Gasteiger partial charge on any atom is 0.152 e. The molecule has 0 atom stereocenters. The van der Waals surface area contributed by atoms with E-state index in [1.165, 1.54) is 0 Å². The van der Waals surface area contributed by atoms with E-state index in [-0.39, 0.29) is 0 Å². The predicted molar refractivity (Wildman–Crippen MR) is 47.6 cm³/mol. The molecule has 66 valence electrons. The molecule has 1 aromatic heterocycles. The Labute approximate surface area is 72.6 Å². The van der Waals surface area contributed by atoms with Gasteiger partial charge in [0, 0.05) is 6.20 Å². The van der Waals surface area contributed by atoms with Crippen LogP contribution in [0.1, 0.15) is 32.4 Å². The molecule has 0 amide bonds. The van der Waals surface area contributed by atoms with Crippen molar-refractivity contribution in [3.63, 3.8) is 0 Å². The first-order chi connectivity index (χ1) is 5.73. The van der Waals surface area contributed by atoms with E-state index in [0.717, 1.165) is 0 Å². The third kappa shape index (κ3) is 1.63. The van der Waals surface area contributed by atoms with Crippen LogP contribution < -0.4 is 0 Å². The Morgan fingerprint density at radius 1 is 1.33 bits per heavy atom. The van der Waals surface area contributed by atoms with Gasteiger partial charge in [-0.25, -0.2) is 4.39 Å². The Bertz CT molecular complexity index is 229. The summed E-state index contributed by atoms with van der Waals surface area (Å²) >= 11 is 0. The van der Waals surface area contributed by atoms with E-state index >= 15 is 0 Å². The quantitative estimate of drug-likeness (QED) is 0.674. The van der Waals surface area contributed by atoms with Crippen LogP contribution in [-0.4, -0.2) is 4.98 Å². The smallest absolute Gasteiger partial charge is 0.152 e. The standard InChI is InChI=1S/C10H14FN/c1-3-10(11,4-2)9-7-5-6-8-12-9/h5-8H,3-4H2,1-2H3. The minimum absolute atomic E-state index is 0.487. The second kappa shape index (κ2) is 3.65. The number of rotatable bonds is 3. The lowest BCUT2D eigenvalue weighted by Crippen LogP contribution is -2.18. The largest absolute Gasteiger partial charge is 0.258 e. The lowest BCUT2D eigenvalue weighted by atomic mass is 9.95. The van der Waals surface area contributed by atoms with Crippen molar-refractivity contribution in [2.75, 3.05) is 0 Å². The normalized spacial score (nSPS) is 11.6. The van der Waals surface area contributed by atoms with Crippen LogP contribution in [0.25, 0.3) is 0 Å². The van der Waals surface area contributed by atoms with Gasteiger partial charge in [0.1, 0.15) is 0 Å². The van der Waals surface area contributed by atoms with Crippen molar-refractivity contribution in [2.24, 2.45) is 0 Å². The van der Waals surface area contributed by atoms with Gasteiger partial charge in [0.25, 0.3) is 0 Å². The first kappa shape index (κ1) is 9.17. The van der Waals surface area contributed by atoms with Gasteiger partial charge in [0.15, 0.2) is 5.67 Å². The van der Waals surface area contributed by atoms with Crippen LogP contribution in [0, 0.1) is 0 Å². The molecule has 1 nitrogen and oxygen atoms in total. The summed E-state index contributed by atoms with van der Waals surface area (Å²) in [7, 11) is 0. The lowest BCUT2D eigenvalue weighted by molar-refractivity contribution is 0.145. The molecule has 12 heavy (non-hydrogen) atoms. The summed E-state index contributed by atoms with van der Waals surface area (Å²) in [6.07, 6.45) is 2.61. The van der Waals surface area contributed by atoms with E-state index in [4.69, 9.17) is 0 Å². The fourth-order valence-electron chi connectivity index (χ4n) is 1.24. The van der Waals surface area contributed by atoms with Crippen LogP contribution in [0.4, 0.5) is 4.39 Å². The summed E-state index contributed by atoms with van der Waals surface area (Å²) in [5, 5.41) is 0. The average molecular weight is 167 g/mol. The number of pyridine rings is 1. The van der Waals surface area contributed by atoms with Crippen molar-refractivity contribution in [3.8, 4) is 0 Å². The van der Waals surface area contributed by atoms with Crippen molar-refractivity contribution in [3.05, 3.63) is 30.1 Å². The highest BCUT2D eigenvalue weighted by molar-refractivity contribution is 5.12. The van der Waals surface area contributed by atoms with Crippen LogP contribution >= 0.6 is 0 Å². The molecule has 2 heteroatoms. The van der Waals surface area contributed by atoms with Crippen LogP contribution in [0.3, 0.4) is 0 Å². The van der Waals surface area contributed by atoms with E-state index < -0.39 is 5.67 Å². The Kier molecular flexibility index (Phi) is 2.79. The molecule has 1 aromatic rings. The molecule has 0 fully saturated rings. The number of aromatic nitrogens is 1. The van der Waals surface area contributed by atoms with Crippen LogP contribution in [0.2, 0.25) is 0 Å². The van der Waals surface area contributed by atoms with Gasteiger partial charge in [-0.2, -0.15) is 0 Å². The highest BCUT2D eigenvalue weighted by Crippen LogP contribution is 2.30. The molecular weight excluding hydrogens is 153 g/mol. The Balaban J connectivity index is 2.95. The Morgan fingerprint density at radius 3 is 2.42 bits per heavy atom. The summed E-state index contributed by atoms with van der Waals surface area (Å²) < 4.78 is 13.9. The number of hydrogen-bond acceptors (Lipinski definition) is 1. The fourth-order valence-corrected chi connectivity index (χ4v) is 1.24. The summed E-state index contributed by atoms with van der Waals surface area (Å²) in [4.78, 5) is 4.02. The van der Waals surface area contributed by atoms with E-state index in [9.17, 15) is 4.39 Å². The molecule has 0 aliphatic rings. The third-order valence-corrected chi connectivity index (χ3v) is 2.24. The zero-order valence-electron chi connectivity index (χ0n) is 7.55. The van der Waals surface area contributed by atoms with Crippen molar-refractivity contribution in [2.45, 2.75) is 32.4 Å². The zero-order valence-corrected chi connectivity index (χ0v) is 7.55. The van der Waals surface area contributed by atoms with Gasteiger partial charge in [-0.1, -0.05) is 19.9 Å². The average Bonchev–Trinajstić information content (AvgIpc) is 2.18. The molecular formula is C10H14FN.